The fourth-order valence-electron chi connectivity index (χ4n) is 2.90. The molecule has 1 aromatic carbocycles. The summed E-state index contributed by atoms with van der Waals surface area (Å²) in [5, 5.41) is 20.7. The molecular weight excluding hydrogens is 438 g/mol. The Balaban J connectivity index is 1.58. The van der Waals surface area contributed by atoms with Gasteiger partial charge in [-0.2, -0.15) is 5.10 Å². The highest BCUT2D eigenvalue weighted by molar-refractivity contribution is 7.99. The van der Waals surface area contributed by atoms with E-state index in [1.807, 2.05) is 6.92 Å². The van der Waals surface area contributed by atoms with Crippen molar-refractivity contribution in [1.82, 2.24) is 19.7 Å². The Labute approximate surface area is 184 Å². The number of aromatic nitrogens is 4. The summed E-state index contributed by atoms with van der Waals surface area (Å²) in [5.41, 5.74) is 2.13. The van der Waals surface area contributed by atoms with Gasteiger partial charge in [-0.25, -0.2) is 9.78 Å². The standard InChI is InChI=1S/C20H17N5O4S2/c1-11-8-15(24-23-11)22-16(26)10-31-20-21-14-6-7-30-17(14)18(27)25(20)9-12-2-4-13(5-3-12)19(28)29/h2-8H,9-10H2,1H3,(H,28,29)(H2,22,23,24,26). The molecule has 11 heteroatoms. The molecule has 0 saturated carbocycles. The van der Waals surface area contributed by atoms with Crippen LogP contribution in [0.4, 0.5) is 5.82 Å². The normalized spacial score (nSPS) is 11.0. The lowest BCUT2D eigenvalue weighted by atomic mass is 10.1. The first-order chi connectivity index (χ1) is 14.9. The van der Waals surface area contributed by atoms with Crippen LogP contribution in [0.3, 0.4) is 0 Å². The number of hydrogen-bond acceptors (Lipinski definition) is 7. The maximum Gasteiger partial charge on any atom is 0.335 e. The number of aromatic amines is 1. The molecule has 0 fully saturated rings. The van der Waals surface area contributed by atoms with Crippen LogP contribution in [0.5, 0.6) is 0 Å². The average Bonchev–Trinajstić information content (AvgIpc) is 3.38. The summed E-state index contributed by atoms with van der Waals surface area (Å²) >= 11 is 2.46. The van der Waals surface area contributed by atoms with Crippen molar-refractivity contribution in [1.29, 1.82) is 0 Å². The summed E-state index contributed by atoms with van der Waals surface area (Å²) in [4.78, 5) is 41.0. The van der Waals surface area contributed by atoms with Crippen LogP contribution in [0.15, 0.2) is 51.7 Å². The molecule has 3 heterocycles. The number of rotatable bonds is 7. The molecule has 0 atom stereocenters. The quantitative estimate of drug-likeness (QED) is 0.288. The van der Waals surface area contributed by atoms with Crippen LogP contribution < -0.4 is 10.9 Å². The number of nitrogens with one attached hydrogen (secondary N) is 2. The summed E-state index contributed by atoms with van der Waals surface area (Å²) < 4.78 is 2.04. The number of carbonyl (C=O) groups is 2. The molecule has 3 aromatic heterocycles. The van der Waals surface area contributed by atoms with Crippen LogP contribution in [0, 0.1) is 6.92 Å². The molecule has 31 heavy (non-hydrogen) atoms. The Morgan fingerprint density at radius 3 is 2.71 bits per heavy atom. The number of aromatic carboxylic acids is 1. The molecule has 4 aromatic rings. The SMILES string of the molecule is Cc1cc(NC(=O)CSc2nc3ccsc3c(=O)n2Cc2ccc(C(=O)O)cc2)n[nH]1. The minimum Gasteiger partial charge on any atom is -0.478 e. The number of anilines is 1. The van der Waals surface area contributed by atoms with Gasteiger partial charge in [0.25, 0.3) is 5.56 Å². The van der Waals surface area contributed by atoms with Crippen LogP contribution in [0.25, 0.3) is 10.2 Å². The predicted molar refractivity (Wildman–Crippen MR) is 119 cm³/mol. The highest BCUT2D eigenvalue weighted by Gasteiger charge is 2.15. The molecule has 4 rings (SSSR count). The summed E-state index contributed by atoms with van der Waals surface area (Å²) in [7, 11) is 0. The van der Waals surface area contributed by atoms with Crippen LogP contribution >= 0.6 is 23.1 Å². The number of nitrogens with zero attached hydrogens (tertiary/aromatic N) is 3. The van der Waals surface area contributed by atoms with Crippen LogP contribution in [-0.4, -0.2) is 42.5 Å². The molecule has 0 unspecified atom stereocenters. The van der Waals surface area contributed by atoms with Gasteiger partial charge in [-0.05, 0) is 36.1 Å². The Morgan fingerprint density at radius 1 is 1.26 bits per heavy atom. The van der Waals surface area contributed by atoms with E-state index in [2.05, 4.69) is 20.5 Å². The van der Waals surface area contributed by atoms with E-state index < -0.39 is 5.97 Å². The van der Waals surface area contributed by atoms with Crippen molar-refractivity contribution in [2.75, 3.05) is 11.1 Å². The zero-order valence-corrected chi connectivity index (χ0v) is 17.9. The fraction of sp³-hybridized carbons (Fsp3) is 0.150. The number of carbonyl (C=O) groups excluding carboxylic acids is 1. The first-order valence-electron chi connectivity index (χ1n) is 9.15. The minimum absolute atomic E-state index is 0.0476. The average molecular weight is 456 g/mol. The minimum atomic E-state index is -1.01. The zero-order chi connectivity index (χ0) is 22.0. The lowest BCUT2D eigenvalue weighted by Crippen LogP contribution is -2.24. The van der Waals surface area contributed by atoms with Crippen molar-refractivity contribution in [2.45, 2.75) is 18.6 Å². The van der Waals surface area contributed by atoms with Crippen molar-refractivity contribution < 1.29 is 14.7 Å². The van der Waals surface area contributed by atoms with Crippen LogP contribution in [-0.2, 0) is 11.3 Å². The number of aryl methyl sites for hydroxylation is 1. The summed E-state index contributed by atoms with van der Waals surface area (Å²) in [6, 6.07) is 9.79. The second-order valence-electron chi connectivity index (χ2n) is 6.70. The van der Waals surface area contributed by atoms with Gasteiger partial charge in [0.15, 0.2) is 11.0 Å². The lowest BCUT2D eigenvalue weighted by Gasteiger charge is -2.12. The third-order valence-corrected chi connectivity index (χ3v) is 6.25. The van der Waals surface area contributed by atoms with Gasteiger partial charge in [0.2, 0.25) is 5.91 Å². The molecule has 0 aliphatic rings. The van der Waals surface area contributed by atoms with Crippen molar-refractivity contribution >= 4 is 51.0 Å². The smallest absolute Gasteiger partial charge is 0.335 e. The number of hydrogen-bond donors (Lipinski definition) is 3. The van der Waals surface area contributed by atoms with Crippen molar-refractivity contribution in [2.24, 2.45) is 0 Å². The van der Waals surface area contributed by atoms with Gasteiger partial charge in [0, 0.05) is 11.8 Å². The monoisotopic (exact) mass is 455 g/mol. The number of thiophene rings is 1. The number of benzene rings is 1. The van der Waals surface area contributed by atoms with Gasteiger partial charge in [-0.15, -0.1) is 11.3 Å². The van der Waals surface area contributed by atoms with E-state index in [1.165, 1.54) is 28.0 Å². The summed E-state index contributed by atoms with van der Waals surface area (Å²) in [6.07, 6.45) is 0. The molecule has 0 aliphatic carbocycles. The van der Waals surface area contributed by atoms with Gasteiger partial charge in [-0.3, -0.25) is 19.3 Å². The third-order valence-electron chi connectivity index (χ3n) is 4.38. The molecule has 158 valence electrons. The number of H-pyrrole nitrogens is 1. The van der Waals surface area contributed by atoms with Crippen LogP contribution in [0.1, 0.15) is 21.6 Å². The molecule has 0 spiro atoms. The highest BCUT2D eigenvalue weighted by Crippen LogP contribution is 2.22. The van der Waals surface area contributed by atoms with Crippen molar-refractivity contribution in [3.63, 3.8) is 0 Å². The highest BCUT2D eigenvalue weighted by atomic mass is 32.2. The second kappa shape index (κ2) is 8.74. The molecule has 3 N–H and O–H groups in total. The third kappa shape index (κ3) is 4.67. The lowest BCUT2D eigenvalue weighted by molar-refractivity contribution is -0.113. The number of thioether (sulfide) groups is 1. The Kier molecular flexibility index (Phi) is 5.87. The van der Waals surface area contributed by atoms with Crippen molar-refractivity contribution in [3.05, 3.63) is 69.0 Å². The Hall–Kier alpha value is -3.44. The molecule has 0 aliphatic heterocycles. The Morgan fingerprint density at radius 2 is 2.03 bits per heavy atom. The summed E-state index contributed by atoms with van der Waals surface area (Å²) in [5.74, 6) is -0.806. The van der Waals surface area contributed by atoms with E-state index in [1.54, 1.807) is 29.6 Å². The summed E-state index contributed by atoms with van der Waals surface area (Å²) in [6.45, 7) is 2.04. The molecule has 0 radical (unpaired) electrons. The second-order valence-corrected chi connectivity index (χ2v) is 8.55. The van der Waals surface area contributed by atoms with Gasteiger partial charge in [0.05, 0.1) is 23.4 Å². The Bertz CT molecular complexity index is 1320. The van der Waals surface area contributed by atoms with E-state index in [9.17, 15) is 14.4 Å². The topological polar surface area (TPSA) is 130 Å². The number of amides is 1. The molecule has 0 saturated heterocycles. The molecular formula is C20H17N5O4S2. The van der Waals surface area contributed by atoms with Crippen LogP contribution in [0.2, 0.25) is 0 Å². The molecule has 9 nitrogen and oxygen atoms in total. The maximum atomic E-state index is 13.0. The maximum absolute atomic E-state index is 13.0. The van der Waals surface area contributed by atoms with Gasteiger partial charge < -0.3 is 10.4 Å². The first kappa shape index (κ1) is 20.8. The van der Waals surface area contributed by atoms with Gasteiger partial charge in [-0.1, -0.05) is 23.9 Å². The van der Waals surface area contributed by atoms with Gasteiger partial charge >= 0.3 is 5.97 Å². The molecule has 0 bridgehead atoms. The number of fused-ring (bicyclic) bond motifs is 1. The van der Waals surface area contributed by atoms with E-state index >= 15 is 0 Å². The predicted octanol–water partition coefficient (Wildman–Crippen LogP) is 2.97. The van der Waals surface area contributed by atoms with Crippen molar-refractivity contribution in [3.8, 4) is 0 Å². The van der Waals surface area contributed by atoms with E-state index in [0.29, 0.717) is 21.2 Å². The molecule has 1 amide bonds. The van der Waals surface area contributed by atoms with Gasteiger partial charge in [0.1, 0.15) is 4.70 Å². The fourth-order valence-corrected chi connectivity index (χ4v) is 4.48. The van der Waals surface area contributed by atoms with E-state index in [-0.39, 0.29) is 29.3 Å². The number of carboxylic acid groups (broad SMARTS) is 1. The van der Waals surface area contributed by atoms with E-state index in [4.69, 9.17) is 5.11 Å². The number of carboxylic acids is 1. The first-order valence-corrected chi connectivity index (χ1v) is 11.0. The van der Waals surface area contributed by atoms with E-state index in [0.717, 1.165) is 23.0 Å². The largest absolute Gasteiger partial charge is 0.478 e. The zero-order valence-electron chi connectivity index (χ0n) is 16.3.